The number of rotatable bonds is 17. The van der Waals surface area contributed by atoms with E-state index in [0.29, 0.717) is 6.42 Å². The Morgan fingerprint density at radius 1 is 0.977 bits per heavy atom. The van der Waals surface area contributed by atoms with Crippen LogP contribution in [-0.2, 0) is 32.8 Å². The first-order chi connectivity index (χ1) is 20.0. The zero-order valence-electron chi connectivity index (χ0n) is 28.1. The van der Waals surface area contributed by atoms with Crippen molar-refractivity contribution >= 4 is 68.1 Å². The molecule has 254 valence electrons. The van der Waals surface area contributed by atoms with Gasteiger partial charge in [-0.3, -0.25) is 9.59 Å². The number of ether oxygens (including phenoxy) is 2. The van der Waals surface area contributed by atoms with Crippen LogP contribution < -0.4 is 0 Å². The fourth-order valence-electron chi connectivity index (χ4n) is 5.30. The fraction of sp³-hybridized carbons (Fsp3) is 0.833. The minimum absolute atomic E-state index is 0.295. The molecule has 0 spiro atoms. The Kier molecular flexibility index (Phi) is 15.3. The molecule has 1 saturated heterocycles. The van der Waals surface area contributed by atoms with Crippen LogP contribution in [0.4, 0.5) is 4.79 Å². The van der Waals surface area contributed by atoms with Crippen LogP contribution in [0.2, 0.25) is 18.1 Å². The molecule has 14 heteroatoms. The maximum absolute atomic E-state index is 14.2. The first-order valence-corrected chi connectivity index (χ1v) is 19.0. The van der Waals surface area contributed by atoms with Crippen LogP contribution >= 0.6 is 34.8 Å². The smallest absolute Gasteiger partial charge is 0.481 e. The van der Waals surface area contributed by atoms with E-state index in [1.807, 2.05) is 61.5 Å². The van der Waals surface area contributed by atoms with E-state index in [1.54, 1.807) is 26.7 Å². The molecule has 1 fully saturated rings. The lowest BCUT2D eigenvalue weighted by Crippen LogP contribution is -2.51. The van der Waals surface area contributed by atoms with Gasteiger partial charge in [0, 0.05) is 5.41 Å². The number of carbonyl (C=O) groups is 3. The van der Waals surface area contributed by atoms with E-state index in [2.05, 4.69) is 0 Å². The van der Waals surface area contributed by atoms with Crippen molar-refractivity contribution < 1.29 is 42.7 Å². The second-order valence-electron chi connectivity index (χ2n) is 13.3. The molecule has 1 aliphatic heterocycles. The summed E-state index contributed by atoms with van der Waals surface area (Å²) < 4.78 is 27.5. The van der Waals surface area contributed by atoms with Crippen molar-refractivity contribution in [3.05, 3.63) is 12.1 Å². The van der Waals surface area contributed by atoms with Gasteiger partial charge in [-0.15, -0.1) is 0 Å². The molecular weight excluding hydrogens is 650 g/mol. The second kappa shape index (κ2) is 16.3. The van der Waals surface area contributed by atoms with Gasteiger partial charge in [-0.2, -0.15) is 0 Å². The summed E-state index contributed by atoms with van der Waals surface area (Å²) in [6, 6.07) is 2.38. The molecule has 4 atom stereocenters. The standard InChI is InChI=1S/C30H52BCl3O9Si/c1-12-44(13-2,14-3)41-22(18-23(35)36)27(6,7)25(37)21(5)24(40-26(38)39-19-30(32,33)34)20(4)16-15-17-31-42-28(8,9)29(10,11)43-31/h15,17,20-22,24H,12-14,16,18-19H2,1-11H3,(H,35,36)/b17-15+/t20-,21+,22-,24-/m0/s1. The van der Waals surface area contributed by atoms with Gasteiger partial charge in [0.2, 0.25) is 3.79 Å². The number of hydrogen-bond donors (Lipinski definition) is 1. The molecule has 0 saturated carbocycles. The van der Waals surface area contributed by atoms with Crippen LogP contribution in [0.15, 0.2) is 12.1 Å². The van der Waals surface area contributed by atoms with Crippen molar-refractivity contribution in [1.82, 2.24) is 0 Å². The van der Waals surface area contributed by atoms with E-state index in [9.17, 15) is 19.5 Å². The predicted octanol–water partition coefficient (Wildman–Crippen LogP) is 8.19. The first kappa shape index (κ1) is 41.2. The third-order valence-corrected chi connectivity index (χ3v) is 14.2. The van der Waals surface area contributed by atoms with Gasteiger partial charge in [-0.25, -0.2) is 4.79 Å². The quantitative estimate of drug-likeness (QED) is 0.0910. The number of carbonyl (C=O) groups excluding carboxylic acids is 2. The number of carboxylic acid groups (broad SMARTS) is 1. The molecule has 1 rings (SSSR count). The van der Waals surface area contributed by atoms with Crippen molar-refractivity contribution in [2.75, 3.05) is 6.61 Å². The number of hydrogen-bond acceptors (Lipinski definition) is 8. The van der Waals surface area contributed by atoms with Crippen LogP contribution in [0.1, 0.15) is 89.0 Å². The Morgan fingerprint density at radius 3 is 1.91 bits per heavy atom. The molecular formula is C30H52BCl3O9Si. The maximum Gasteiger partial charge on any atom is 0.508 e. The maximum atomic E-state index is 14.2. The minimum atomic E-state index is -2.28. The second-order valence-corrected chi connectivity index (χ2v) is 20.6. The van der Waals surface area contributed by atoms with Gasteiger partial charge in [-0.1, -0.05) is 95.3 Å². The SMILES string of the molecule is CC[Si](CC)(CC)O[C@@H](CC(=O)O)C(C)(C)C(=O)[C@H](C)[C@@H](OC(=O)OCC(Cl)(Cl)Cl)[C@@H](C)C/C=C/B1OC(C)(C)C(C)(C)O1. The van der Waals surface area contributed by atoms with E-state index in [1.165, 1.54) is 0 Å². The highest BCUT2D eigenvalue weighted by Gasteiger charge is 2.50. The molecule has 0 unspecified atom stereocenters. The summed E-state index contributed by atoms with van der Waals surface area (Å²) in [6.07, 6.45) is -0.979. The Bertz CT molecular complexity index is 988. The number of allylic oxidation sites excluding steroid dienone is 1. The number of alkyl halides is 3. The minimum Gasteiger partial charge on any atom is -0.481 e. The lowest BCUT2D eigenvalue weighted by Gasteiger charge is -2.42. The van der Waals surface area contributed by atoms with E-state index in [-0.39, 0.29) is 18.1 Å². The fourth-order valence-corrected chi connectivity index (χ4v) is 8.45. The molecule has 9 nitrogen and oxygen atoms in total. The molecule has 0 aromatic heterocycles. The molecule has 0 aromatic carbocycles. The van der Waals surface area contributed by atoms with E-state index >= 15 is 0 Å². The lowest BCUT2D eigenvalue weighted by atomic mass is 9.73. The summed E-state index contributed by atoms with van der Waals surface area (Å²) in [6.45, 7) is 20.3. The molecule has 44 heavy (non-hydrogen) atoms. The van der Waals surface area contributed by atoms with Gasteiger partial charge in [0.15, 0.2) is 8.32 Å². The van der Waals surface area contributed by atoms with Crippen molar-refractivity contribution in [3.63, 3.8) is 0 Å². The first-order valence-electron chi connectivity index (χ1n) is 15.3. The number of Topliss-reactive ketones (excluding diaryl/α,β-unsaturated/α-hetero) is 1. The van der Waals surface area contributed by atoms with Crippen molar-refractivity contribution in [2.24, 2.45) is 17.3 Å². The van der Waals surface area contributed by atoms with Gasteiger partial charge in [-0.05, 0) is 58.2 Å². The van der Waals surface area contributed by atoms with E-state index < -0.39 is 72.7 Å². The van der Waals surface area contributed by atoms with Crippen molar-refractivity contribution in [3.8, 4) is 0 Å². The van der Waals surface area contributed by atoms with Gasteiger partial charge in [0.25, 0.3) is 0 Å². The summed E-state index contributed by atoms with van der Waals surface area (Å²) in [5.41, 5.74) is -2.21. The molecule has 1 aliphatic rings. The Labute approximate surface area is 280 Å². The summed E-state index contributed by atoms with van der Waals surface area (Å²) >= 11 is 17.2. The zero-order chi connectivity index (χ0) is 34.3. The van der Waals surface area contributed by atoms with Crippen LogP contribution in [0.5, 0.6) is 0 Å². The largest absolute Gasteiger partial charge is 0.508 e. The van der Waals surface area contributed by atoms with Crippen LogP contribution in [0.3, 0.4) is 0 Å². The molecule has 1 heterocycles. The number of aliphatic carboxylic acids is 1. The Morgan fingerprint density at radius 2 is 1.48 bits per heavy atom. The zero-order valence-corrected chi connectivity index (χ0v) is 31.4. The highest BCUT2D eigenvalue weighted by Crippen LogP contribution is 2.39. The summed E-state index contributed by atoms with van der Waals surface area (Å²) in [4.78, 5) is 38.8. The lowest BCUT2D eigenvalue weighted by molar-refractivity contribution is -0.146. The van der Waals surface area contributed by atoms with Gasteiger partial charge < -0.3 is 28.3 Å². The van der Waals surface area contributed by atoms with Crippen LogP contribution in [-0.4, -0.2) is 72.3 Å². The molecule has 0 aromatic rings. The number of carboxylic acids is 1. The third kappa shape index (κ3) is 11.5. The molecule has 0 radical (unpaired) electrons. The molecule has 0 bridgehead atoms. The van der Waals surface area contributed by atoms with Gasteiger partial charge in [0.05, 0.1) is 29.6 Å². The number of ketones is 1. The summed E-state index contributed by atoms with van der Waals surface area (Å²) in [7, 11) is -2.85. The highest BCUT2D eigenvalue weighted by atomic mass is 35.6. The molecule has 0 aliphatic carbocycles. The summed E-state index contributed by atoms with van der Waals surface area (Å²) in [5, 5.41) is 9.75. The van der Waals surface area contributed by atoms with Crippen molar-refractivity contribution in [2.45, 2.75) is 134 Å². The average Bonchev–Trinajstić information content (AvgIpc) is 3.12. The van der Waals surface area contributed by atoms with Crippen LogP contribution in [0, 0.1) is 17.3 Å². The van der Waals surface area contributed by atoms with Crippen molar-refractivity contribution in [1.29, 1.82) is 0 Å². The average molecular weight is 702 g/mol. The third-order valence-electron chi connectivity index (χ3n) is 9.25. The van der Waals surface area contributed by atoms with E-state index in [4.69, 9.17) is 58.0 Å². The predicted molar refractivity (Wildman–Crippen MR) is 178 cm³/mol. The van der Waals surface area contributed by atoms with Gasteiger partial charge in [0.1, 0.15) is 18.5 Å². The normalized spacial score (nSPS) is 19.8. The topological polar surface area (TPSA) is 118 Å². The Hall–Kier alpha value is -0.818. The van der Waals surface area contributed by atoms with Gasteiger partial charge >= 0.3 is 19.2 Å². The number of halogens is 3. The highest BCUT2D eigenvalue weighted by molar-refractivity contribution is 6.73. The van der Waals surface area contributed by atoms with Crippen LogP contribution in [0.25, 0.3) is 0 Å². The monoisotopic (exact) mass is 700 g/mol. The molecule has 1 N–H and O–H groups in total. The Balaban J connectivity index is 3.31. The summed E-state index contributed by atoms with van der Waals surface area (Å²) in [5.74, 6) is -0.789. The van der Waals surface area contributed by atoms with E-state index in [0.717, 1.165) is 18.1 Å². The molecule has 0 amide bonds.